The molecule has 0 atom stereocenters. The Morgan fingerprint density at radius 3 is 2.57 bits per heavy atom. The molecule has 23 heavy (non-hydrogen) atoms. The lowest BCUT2D eigenvalue weighted by molar-refractivity contribution is -0.129. The van der Waals surface area contributed by atoms with Crippen molar-refractivity contribution in [1.82, 2.24) is 15.6 Å². The van der Waals surface area contributed by atoms with Gasteiger partial charge in [0, 0.05) is 30.2 Å². The molecule has 0 aliphatic rings. The van der Waals surface area contributed by atoms with E-state index in [0.717, 1.165) is 31.2 Å². The fraction of sp³-hybridized carbons (Fsp3) is 0.444. The summed E-state index contributed by atoms with van der Waals surface area (Å²) in [4.78, 5) is 26.6. The summed E-state index contributed by atoms with van der Waals surface area (Å²) in [5.41, 5.74) is 2.27. The molecule has 1 heterocycles. The molecule has 0 aliphatic heterocycles. The van der Waals surface area contributed by atoms with E-state index in [0.29, 0.717) is 13.1 Å². The number of H-pyrrole nitrogens is 1. The average Bonchev–Trinajstić information content (AvgIpc) is 2.95. The largest absolute Gasteiger partial charge is 0.361 e. The van der Waals surface area contributed by atoms with E-state index in [9.17, 15) is 9.59 Å². The van der Waals surface area contributed by atoms with Gasteiger partial charge in [-0.2, -0.15) is 0 Å². The fourth-order valence-electron chi connectivity index (χ4n) is 2.55. The van der Waals surface area contributed by atoms with Crippen LogP contribution in [0.4, 0.5) is 0 Å². The van der Waals surface area contributed by atoms with Gasteiger partial charge in [-0.1, -0.05) is 38.0 Å². The lowest BCUT2D eigenvalue weighted by Gasteiger charge is -2.06. The van der Waals surface area contributed by atoms with Crippen molar-refractivity contribution in [3.63, 3.8) is 0 Å². The summed E-state index contributed by atoms with van der Waals surface area (Å²) in [6.45, 7) is 3.29. The molecule has 1 aromatic carbocycles. The van der Waals surface area contributed by atoms with E-state index in [4.69, 9.17) is 0 Å². The molecule has 0 saturated heterocycles. The third-order valence-electron chi connectivity index (χ3n) is 3.82. The number of hydrogen-bond acceptors (Lipinski definition) is 2. The zero-order valence-electron chi connectivity index (χ0n) is 13.7. The summed E-state index contributed by atoms with van der Waals surface area (Å²) in [6.07, 6.45) is 5.79. The maximum atomic E-state index is 11.8. The first-order valence-corrected chi connectivity index (χ1v) is 8.29. The third kappa shape index (κ3) is 5.43. The first kappa shape index (κ1) is 17.1. The Bertz CT molecular complexity index is 649. The van der Waals surface area contributed by atoms with Crippen LogP contribution in [0.3, 0.4) is 0 Å². The second-order valence-corrected chi connectivity index (χ2v) is 5.69. The van der Waals surface area contributed by atoms with Crippen LogP contribution in [0.15, 0.2) is 30.5 Å². The van der Waals surface area contributed by atoms with E-state index in [-0.39, 0.29) is 18.2 Å². The van der Waals surface area contributed by atoms with Gasteiger partial charge >= 0.3 is 0 Å². The summed E-state index contributed by atoms with van der Waals surface area (Å²) in [5.74, 6) is -0.427. The molecular weight excluding hydrogens is 290 g/mol. The smallest absolute Gasteiger partial charge is 0.229 e. The molecule has 2 rings (SSSR count). The van der Waals surface area contributed by atoms with Crippen molar-refractivity contribution in [2.75, 3.05) is 13.1 Å². The van der Waals surface area contributed by atoms with Gasteiger partial charge in [0.1, 0.15) is 6.42 Å². The summed E-state index contributed by atoms with van der Waals surface area (Å²) in [7, 11) is 0. The molecule has 0 bridgehead atoms. The van der Waals surface area contributed by atoms with Gasteiger partial charge in [0.15, 0.2) is 0 Å². The van der Waals surface area contributed by atoms with Gasteiger partial charge in [0.2, 0.25) is 11.8 Å². The molecule has 2 aromatic rings. The lowest BCUT2D eigenvalue weighted by atomic mass is 10.1. The highest BCUT2D eigenvalue weighted by Gasteiger charge is 2.09. The molecule has 5 heteroatoms. The summed E-state index contributed by atoms with van der Waals surface area (Å²) in [5, 5.41) is 6.75. The molecule has 3 N–H and O–H groups in total. The number of carbonyl (C=O) groups is 2. The van der Waals surface area contributed by atoms with Crippen LogP contribution in [-0.2, 0) is 16.0 Å². The number of fused-ring (bicyclic) bond motifs is 1. The van der Waals surface area contributed by atoms with E-state index in [1.165, 1.54) is 10.9 Å². The van der Waals surface area contributed by atoms with Crippen LogP contribution in [0.5, 0.6) is 0 Å². The Hall–Kier alpha value is -2.30. The average molecular weight is 315 g/mol. The van der Waals surface area contributed by atoms with Crippen molar-refractivity contribution in [2.24, 2.45) is 0 Å². The van der Waals surface area contributed by atoms with Gasteiger partial charge in [-0.15, -0.1) is 0 Å². The highest BCUT2D eigenvalue weighted by molar-refractivity contribution is 5.96. The predicted octanol–water partition coefficient (Wildman–Crippen LogP) is 2.52. The number of benzene rings is 1. The predicted molar refractivity (Wildman–Crippen MR) is 92.2 cm³/mol. The van der Waals surface area contributed by atoms with Crippen LogP contribution in [0, 0.1) is 0 Å². The molecule has 1 aromatic heterocycles. The van der Waals surface area contributed by atoms with Crippen molar-refractivity contribution in [3.8, 4) is 0 Å². The topological polar surface area (TPSA) is 74.0 Å². The molecule has 5 nitrogen and oxygen atoms in total. The van der Waals surface area contributed by atoms with Gasteiger partial charge in [-0.3, -0.25) is 9.59 Å². The molecule has 0 spiro atoms. The highest BCUT2D eigenvalue weighted by Crippen LogP contribution is 2.17. The minimum absolute atomic E-state index is 0.0972. The van der Waals surface area contributed by atoms with E-state index in [1.807, 2.05) is 24.4 Å². The van der Waals surface area contributed by atoms with E-state index in [2.05, 4.69) is 28.6 Å². The molecule has 124 valence electrons. The molecule has 2 amide bonds. The van der Waals surface area contributed by atoms with Crippen molar-refractivity contribution in [1.29, 1.82) is 0 Å². The maximum absolute atomic E-state index is 11.8. The zero-order chi connectivity index (χ0) is 16.5. The Morgan fingerprint density at radius 2 is 1.78 bits per heavy atom. The van der Waals surface area contributed by atoms with Crippen molar-refractivity contribution >= 4 is 22.7 Å². The second kappa shape index (κ2) is 8.98. The molecule has 0 unspecified atom stereocenters. The molecular formula is C18H25N3O2. The van der Waals surface area contributed by atoms with Gasteiger partial charge in [0.05, 0.1) is 0 Å². The summed E-state index contributed by atoms with van der Waals surface area (Å²) in [6, 6.07) is 8.08. The van der Waals surface area contributed by atoms with Gasteiger partial charge in [-0.25, -0.2) is 0 Å². The quantitative estimate of drug-likeness (QED) is 0.491. The monoisotopic (exact) mass is 315 g/mol. The van der Waals surface area contributed by atoms with Gasteiger partial charge in [-0.05, 0) is 24.5 Å². The standard InChI is InChI=1S/C18H25N3O2/c1-2-3-6-10-19-17(22)12-18(23)20-11-9-14-13-21-16-8-5-4-7-15(14)16/h4-5,7-8,13,21H,2-3,6,9-12H2,1H3,(H,19,22)(H,20,23). The van der Waals surface area contributed by atoms with Gasteiger partial charge in [0.25, 0.3) is 0 Å². The number of unbranched alkanes of at least 4 members (excludes halogenated alkanes) is 2. The van der Waals surface area contributed by atoms with Crippen molar-refractivity contribution in [2.45, 2.75) is 39.0 Å². The minimum atomic E-state index is -0.224. The van der Waals surface area contributed by atoms with Crippen LogP contribution in [-0.4, -0.2) is 29.9 Å². The van der Waals surface area contributed by atoms with Crippen LogP contribution in [0.2, 0.25) is 0 Å². The van der Waals surface area contributed by atoms with Crippen LogP contribution in [0.25, 0.3) is 10.9 Å². The van der Waals surface area contributed by atoms with Crippen LogP contribution >= 0.6 is 0 Å². The number of hydrogen-bond donors (Lipinski definition) is 3. The molecule has 0 aliphatic carbocycles. The Balaban J connectivity index is 1.67. The Kier molecular flexibility index (Phi) is 6.66. The molecule has 0 saturated carbocycles. The first-order chi connectivity index (χ1) is 11.2. The molecule has 0 fully saturated rings. The van der Waals surface area contributed by atoms with E-state index in [1.54, 1.807) is 0 Å². The van der Waals surface area contributed by atoms with Crippen molar-refractivity contribution in [3.05, 3.63) is 36.0 Å². The number of amides is 2. The third-order valence-corrected chi connectivity index (χ3v) is 3.82. The van der Waals surface area contributed by atoms with Crippen molar-refractivity contribution < 1.29 is 9.59 Å². The first-order valence-electron chi connectivity index (χ1n) is 8.29. The Labute approximate surface area is 136 Å². The number of aromatic nitrogens is 1. The van der Waals surface area contributed by atoms with Gasteiger partial charge < -0.3 is 15.6 Å². The SMILES string of the molecule is CCCCCNC(=O)CC(=O)NCCc1c[nH]c2ccccc12. The fourth-order valence-corrected chi connectivity index (χ4v) is 2.55. The second-order valence-electron chi connectivity index (χ2n) is 5.69. The highest BCUT2D eigenvalue weighted by atomic mass is 16.2. The minimum Gasteiger partial charge on any atom is -0.361 e. The van der Waals surface area contributed by atoms with Crippen LogP contribution in [0.1, 0.15) is 38.2 Å². The molecule has 0 radical (unpaired) electrons. The summed E-state index contributed by atoms with van der Waals surface area (Å²) >= 11 is 0. The number of para-hydroxylation sites is 1. The normalized spacial score (nSPS) is 10.7. The number of rotatable bonds is 9. The zero-order valence-corrected chi connectivity index (χ0v) is 13.7. The van der Waals surface area contributed by atoms with E-state index >= 15 is 0 Å². The number of carbonyl (C=O) groups excluding carboxylic acids is 2. The van der Waals surface area contributed by atoms with E-state index < -0.39 is 0 Å². The number of nitrogens with one attached hydrogen (secondary N) is 3. The lowest BCUT2D eigenvalue weighted by Crippen LogP contribution is -2.33. The van der Waals surface area contributed by atoms with Crippen LogP contribution < -0.4 is 10.6 Å². The Morgan fingerprint density at radius 1 is 1.04 bits per heavy atom. The number of aromatic amines is 1. The summed E-state index contributed by atoms with van der Waals surface area (Å²) < 4.78 is 0. The maximum Gasteiger partial charge on any atom is 0.229 e.